The standard InChI is InChI=1S/C38H46F5N3O4/c1-8-50-32(48)19-29(34-35(39)25(7)17-27(36(34)40)33-23(5)15-22(4)16-24(33)6)44-37(49)30(14-21(2)3)46-20-26(10-13-45-11-9-12-45)28(18-31(46)47)38(41,42)43/h15-18,20-21,29-30H,8-14,19H2,1-7H3,(H,44,49)/t29-,30?/m0/s1. The van der Waals surface area contributed by atoms with Crippen molar-refractivity contribution >= 4 is 11.9 Å². The van der Waals surface area contributed by atoms with Gasteiger partial charge in [0, 0.05) is 29.9 Å². The predicted molar refractivity (Wildman–Crippen MR) is 182 cm³/mol. The lowest BCUT2D eigenvalue weighted by molar-refractivity contribution is -0.144. The summed E-state index contributed by atoms with van der Waals surface area (Å²) in [5.74, 6) is -3.88. The number of carbonyl (C=O) groups is 2. The van der Waals surface area contributed by atoms with E-state index in [-0.39, 0.29) is 42.1 Å². The van der Waals surface area contributed by atoms with Gasteiger partial charge in [-0.3, -0.25) is 14.4 Å². The molecule has 7 nitrogen and oxygen atoms in total. The molecular formula is C38H46F5N3O4. The average Bonchev–Trinajstić information content (AvgIpc) is 2.97. The lowest BCUT2D eigenvalue weighted by atomic mass is 9.88. The summed E-state index contributed by atoms with van der Waals surface area (Å²) in [6.07, 6.45) is -3.40. The van der Waals surface area contributed by atoms with Gasteiger partial charge in [-0.15, -0.1) is 0 Å². The minimum atomic E-state index is -4.80. The number of alkyl halides is 3. The van der Waals surface area contributed by atoms with E-state index in [0.29, 0.717) is 18.2 Å². The molecule has 1 saturated heterocycles. The van der Waals surface area contributed by atoms with Crippen molar-refractivity contribution in [2.45, 2.75) is 92.4 Å². The zero-order valence-electron chi connectivity index (χ0n) is 29.7. The number of amides is 1. The van der Waals surface area contributed by atoms with Crippen molar-refractivity contribution in [1.29, 1.82) is 0 Å². The van der Waals surface area contributed by atoms with Crippen LogP contribution in [0, 0.1) is 45.2 Å². The number of aromatic nitrogens is 1. The Bertz CT molecular complexity index is 1770. The van der Waals surface area contributed by atoms with Crippen LogP contribution in [0.4, 0.5) is 22.0 Å². The molecule has 0 aliphatic carbocycles. The van der Waals surface area contributed by atoms with E-state index in [0.717, 1.165) is 47.0 Å². The topological polar surface area (TPSA) is 80.6 Å². The minimum absolute atomic E-state index is 0.00302. The molecule has 1 amide bonds. The fourth-order valence-electron chi connectivity index (χ4n) is 6.75. The number of pyridine rings is 1. The van der Waals surface area contributed by atoms with E-state index >= 15 is 8.78 Å². The molecule has 1 fully saturated rings. The van der Waals surface area contributed by atoms with Crippen LogP contribution in [0.2, 0.25) is 0 Å². The van der Waals surface area contributed by atoms with Crippen LogP contribution < -0.4 is 10.9 Å². The van der Waals surface area contributed by atoms with Gasteiger partial charge in [0.2, 0.25) is 5.91 Å². The summed E-state index contributed by atoms with van der Waals surface area (Å²) in [6.45, 7) is 13.9. The van der Waals surface area contributed by atoms with Gasteiger partial charge in [0.1, 0.15) is 17.7 Å². The molecule has 4 rings (SSSR count). The van der Waals surface area contributed by atoms with E-state index in [2.05, 4.69) is 5.32 Å². The number of hydrogen-bond acceptors (Lipinski definition) is 5. The summed E-state index contributed by atoms with van der Waals surface area (Å²) in [4.78, 5) is 42.3. The fraction of sp³-hybridized carbons (Fsp3) is 0.500. The summed E-state index contributed by atoms with van der Waals surface area (Å²) >= 11 is 0. The monoisotopic (exact) mass is 703 g/mol. The van der Waals surface area contributed by atoms with E-state index in [4.69, 9.17) is 4.74 Å². The SMILES string of the molecule is CCOC(=O)C[C@H](NC(=O)C(CC(C)C)n1cc(CCN2CCC2)c(C(F)(F)F)cc1=O)c1c(F)c(C)cc(-c2c(C)cc(C)cc2C)c1F. The molecule has 1 aromatic heterocycles. The second-order valence-corrected chi connectivity index (χ2v) is 13.7. The van der Waals surface area contributed by atoms with Gasteiger partial charge < -0.3 is 19.5 Å². The first-order chi connectivity index (χ1) is 23.4. The van der Waals surface area contributed by atoms with E-state index in [1.165, 1.54) is 13.0 Å². The summed E-state index contributed by atoms with van der Waals surface area (Å²) in [5.41, 5.74) is 0.324. The molecule has 12 heteroatoms. The molecule has 2 aromatic carbocycles. The number of nitrogens with zero attached hydrogens (tertiary/aromatic N) is 2. The molecule has 2 atom stereocenters. The highest BCUT2D eigenvalue weighted by molar-refractivity contribution is 5.82. The second-order valence-electron chi connectivity index (χ2n) is 13.7. The second kappa shape index (κ2) is 15.9. The van der Waals surface area contributed by atoms with E-state index in [1.54, 1.807) is 34.6 Å². The maximum Gasteiger partial charge on any atom is 0.416 e. The largest absolute Gasteiger partial charge is 0.466 e. The van der Waals surface area contributed by atoms with Gasteiger partial charge in [-0.2, -0.15) is 13.2 Å². The zero-order valence-corrected chi connectivity index (χ0v) is 29.7. The third-order valence-electron chi connectivity index (χ3n) is 9.15. The van der Waals surface area contributed by atoms with Crippen LogP contribution in [-0.2, 0) is 26.9 Å². The Morgan fingerprint density at radius 3 is 2.14 bits per heavy atom. The molecule has 272 valence electrons. The van der Waals surface area contributed by atoms with Gasteiger partial charge >= 0.3 is 12.1 Å². The highest BCUT2D eigenvalue weighted by atomic mass is 19.4. The molecular weight excluding hydrogens is 657 g/mol. The number of esters is 1. The molecule has 1 N–H and O–H groups in total. The summed E-state index contributed by atoms with van der Waals surface area (Å²) in [6, 6.07) is 2.70. The molecule has 2 heterocycles. The average molecular weight is 704 g/mol. The van der Waals surface area contributed by atoms with Crippen molar-refractivity contribution in [2.75, 3.05) is 26.2 Å². The van der Waals surface area contributed by atoms with Crippen molar-refractivity contribution in [1.82, 2.24) is 14.8 Å². The number of halogens is 5. The van der Waals surface area contributed by atoms with Crippen molar-refractivity contribution in [2.24, 2.45) is 5.92 Å². The Labute approximate surface area is 289 Å². The smallest absolute Gasteiger partial charge is 0.416 e. The highest BCUT2D eigenvalue weighted by Crippen LogP contribution is 2.38. The van der Waals surface area contributed by atoms with E-state index in [9.17, 15) is 27.6 Å². The Hall–Kier alpha value is -4.06. The van der Waals surface area contributed by atoms with Crippen molar-refractivity contribution in [3.05, 3.63) is 91.4 Å². The van der Waals surface area contributed by atoms with E-state index < -0.39 is 64.9 Å². The molecule has 0 radical (unpaired) electrons. The van der Waals surface area contributed by atoms with Crippen LogP contribution in [0.25, 0.3) is 11.1 Å². The molecule has 3 aromatic rings. The normalized spacial score (nSPS) is 14.7. The number of benzene rings is 2. The van der Waals surface area contributed by atoms with Gasteiger partial charge in [-0.1, -0.05) is 31.5 Å². The fourth-order valence-corrected chi connectivity index (χ4v) is 6.75. The highest BCUT2D eigenvalue weighted by Gasteiger charge is 2.37. The first-order valence-electron chi connectivity index (χ1n) is 17.0. The van der Waals surface area contributed by atoms with Gasteiger partial charge in [-0.25, -0.2) is 8.78 Å². The zero-order chi connectivity index (χ0) is 37.1. The van der Waals surface area contributed by atoms with Crippen molar-refractivity contribution in [3.63, 3.8) is 0 Å². The number of nitrogens with one attached hydrogen (secondary N) is 1. The van der Waals surface area contributed by atoms with Gasteiger partial charge in [-0.05, 0) is 107 Å². The molecule has 1 aliphatic rings. The minimum Gasteiger partial charge on any atom is -0.466 e. The van der Waals surface area contributed by atoms with Crippen LogP contribution in [0.5, 0.6) is 0 Å². The van der Waals surface area contributed by atoms with Crippen LogP contribution >= 0.6 is 0 Å². The predicted octanol–water partition coefficient (Wildman–Crippen LogP) is 7.69. The van der Waals surface area contributed by atoms with E-state index in [1.807, 2.05) is 24.0 Å². The maximum atomic E-state index is 16.7. The Kier molecular flexibility index (Phi) is 12.3. The Balaban J connectivity index is 1.84. The van der Waals surface area contributed by atoms with Crippen LogP contribution in [0.15, 0.2) is 35.3 Å². The summed E-state index contributed by atoms with van der Waals surface area (Å²) in [5, 5.41) is 2.60. The Morgan fingerprint density at radius 1 is 0.960 bits per heavy atom. The van der Waals surface area contributed by atoms with Gasteiger partial charge in [0.15, 0.2) is 0 Å². The van der Waals surface area contributed by atoms with Gasteiger partial charge in [0.25, 0.3) is 5.56 Å². The maximum absolute atomic E-state index is 16.7. The molecule has 0 bridgehead atoms. The number of hydrogen-bond donors (Lipinski definition) is 1. The summed E-state index contributed by atoms with van der Waals surface area (Å²) < 4.78 is 81.0. The molecule has 0 saturated carbocycles. The quantitative estimate of drug-likeness (QED) is 0.146. The third kappa shape index (κ3) is 8.80. The number of likely N-dealkylation sites (tertiary alicyclic amines) is 1. The number of ether oxygens (including phenoxy) is 1. The Morgan fingerprint density at radius 2 is 1.60 bits per heavy atom. The van der Waals surface area contributed by atoms with Crippen LogP contribution in [0.1, 0.15) is 91.1 Å². The first-order valence-corrected chi connectivity index (χ1v) is 17.0. The van der Waals surface area contributed by atoms with Crippen molar-refractivity contribution < 1.29 is 36.3 Å². The molecule has 1 aliphatic heterocycles. The van der Waals surface area contributed by atoms with Crippen LogP contribution in [-0.4, -0.2) is 47.6 Å². The lowest BCUT2D eigenvalue weighted by Crippen LogP contribution is -2.41. The lowest BCUT2D eigenvalue weighted by Gasteiger charge is -2.31. The molecule has 50 heavy (non-hydrogen) atoms. The van der Waals surface area contributed by atoms with Gasteiger partial charge in [0.05, 0.1) is 24.6 Å². The van der Waals surface area contributed by atoms with Crippen molar-refractivity contribution in [3.8, 4) is 11.1 Å². The molecule has 1 unspecified atom stereocenters. The van der Waals surface area contributed by atoms with Crippen LogP contribution in [0.3, 0.4) is 0 Å². The first kappa shape index (κ1) is 38.7. The number of carbonyl (C=O) groups excluding carboxylic acids is 2. The number of rotatable bonds is 13. The third-order valence-corrected chi connectivity index (χ3v) is 9.15. The molecule has 0 spiro atoms. The number of aryl methyl sites for hydroxylation is 4. The summed E-state index contributed by atoms with van der Waals surface area (Å²) in [7, 11) is 0.